The molecule has 0 aromatic rings. The Balaban J connectivity index is 2.90. The monoisotopic (exact) mass is 180 g/mol. The minimum Gasteiger partial charge on any atom is -0.326 e. The summed E-state index contributed by atoms with van der Waals surface area (Å²) in [7, 11) is 0.408. The fourth-order valence-corrected chi connectivity index (χ4v) is 1.08. The Morgan fingerprint density at radius 2 is 2.27 bits per heavy atom. The average molecular weight is 180 g/mol. The van der Waals surface area contributed by atoms with Crippen molar-refractivity contribution in [3.63, 3.8) is 0 Å². The van der Waals surface area contributed by atoms with Gasteiger partial charge < -0.3 is 9.05 Å². The lowest BCUT2D eigenvalue weighted by Crippen LogP contribution is -1.97. The van der Waals surface area contributed by atoms with Crippen molar-refractivity contribution in [2.75, 3.05) is 13.7 Å². The van der Waals surface area contributed by atoms with Crippen LogP contribution in [-0.2, 0) is 9.05 Å². The molecule has 0 amide bonds. The third-order valence-corrected chi connectivity index (χ3v) is 2.09. The molecule has 3 nitrogen and oxygen atoms in total. The average Bonchev–Trinajstić information content (AvgIpc) is 2.10. The zero-order valence-electron chi connectivity index (χ0n) is 8.08. The SMILES string of the molecule is [2H]CCCCCCOP(N)OC. The lowest BCUT2D eigenvalue weighted by molar-refractivity contribution is 0.276. The van der Waals surface area contributed by atoms with Gasteiger partial charge in [-0.1, -0.05) is 26.2 Å². The van der Waals surface area contributed by atoms with Crippen LogP contribution in [0.3, 0.4) is 0 Å². The summed E-state index contributed by atoms with van der Waals surface area (Å²) in [5.74, 6) is 0. The molecule has 0 bridgehead atoms. The zero-order valence-corrected chi connectivity index (χ0v) is 7.98. The number of nitrogens with two attached hydrogens (primary N) is 1. The van der Waals surface area contributed by atoms with Crippen molar-refractivity contribution in [3.8, 4) is 0 Å². The summed E-state index contributed by atoms with van der Waals surface area (Å²) >= 11 is 0. The zero-order chi connectivity index (χ0) is 9.23. The van der Waals surface area contributed by atoms with Crippen LogP contribution in [0.15, 0.2) is 0 Å². The van der Waals surface area contributed by atoms with Gasteiger partial charge in [0.2, 0.25) is 0 Å². The van der Waals surface area contributed by atoms with Crippen molar-refractivity contribution in [1.29, 1.82) is 0 Å². The van der Waals surface area contributed by atoms with Gasteiger partial charge in [-0.25, -0.2) is 0 Å². The first-order chi connectivity index (χ1) is 5.81. The number of hydrogen-bond donors (Lipinski definition) is 1. The summed E-state index contributed by atoms with van der Waals surface area (Å²) in [5.41, 5.74) is 5.40. The molecule has 68 valence electrons. The van der Waals surface area contributed by atoms with Gasteiger partial charge in [-0.3, -0.25) is 5.50 Å². The van der Waals surface area contributed by atoms with Crippen molar-refractivity contribution in [3.05, 3.63) is 0 Å². The number of rotatable bonds is 7. The van der Waals surface area contributed by atoms with Crippen LogP contribution in [0.1, 0.15) is 34.0 Å². The molecule has 2 N–H and O–H groups in total. The molecule has 0 aliphatic rings. The first-order valence-corrected chi connectivity index (χ1v) is 5.07. The molecular weight excluding hydrogens is 161 g/mol. The van der Waals surface area contributed by atoms with E-state index in [9.17, 15) is 0 Å². The minimum atomic E-state index is -1.14. The van der Waals surface area contributed by atoms with E-state index < -0.39 is 8.53 Å². The lowest BCUT2D eigenvalue weighted by atomic mass is 10.2. The summed E-state index contributed by atoms with van der Waals surface area (Å²) < 4.78 is 16.8. The lowest BCUT2D eigenvalue weighted by Gasteiger charge is -2.07. The Bertz CT molecular complexity index is 97.5. The molecule has 0 rings (SSSR count). The van der Waals surface area contributed by atoms with Crippen LogP contribution in [0.4, 0.5) is 0 Å². The first-order valence-electron chi connectivity index (χ1n) is 4.53. The molecular formula is C7H18NO2P. The molecule has 0 aliphatic carbocycles. The summed E-state index contributed by atoms with van der Waals surface area (Å²) in [6.45, 7) is 1.20. The van der Waals surface area contributed by atoms with E-state index in [2.05, 4.69) is 0 Å². The van der Waals surface area contributed by atoms with E-state index >= 15 is 0 Å². The number of unbranched alkanes of at least 4 members (excludes halogenated alkanes) is 3. The standard InChI is InChI=1S/C7H18NO2P/c1-3-4-5-6-7-10-11(8)9-2/h3-8H2,1-2H3/i1D. The van der Waals surface area contributed by atoms with Gasteiger partial charge in [0.05, 0.1) is 6.61 Å². The molecule has 0 saturated heterocycles. The Morgan fingerprint density at radius 3 is 2.91 bits per heavy atom. The van der Waals surface area contributed by atoms with E-state index in [-0.39, 0.29) is 0 Å². The molecule has 4 heteroatoms. The molecule has 0 radical (unpaired) electrons. The van der Waals surface area contributed by atoms with E-state index in [4.69, 9.17) is 15.9 Å². The van der Waals surface area contributed by atoms with E-state index in [0.29, 0.717) is 13.5 Å². The Hall–Kier alpha value is 0.310. The second-order valence-electron chi connectivity index (χ2n) is 2.22. The Morgan fingerprint density at radius 1 is 1.45 bits per heavy atom. The van der Waals surface area contributed by atoms with Crippen LogP contribution in [0, 0.1) is 0 Å². The molecule has 0 aromatic carbocycles. The smallest absolute Gasteiger partial charge is 0.252 e. The van der Waals surface area contributed by atoms with Gasteiger partial charge in [-0.15, -0.1) is 0 Å². The second-order valence-corrected chi connectivity index (χ2v) is 3.41. The van der Waals surface area contributed by atoms with E-state index in [1.54, 1.807) is 7.11 Å². The van der Waals surface area contributed by atoms with Crippen molar-refractivity contribution >= 4 is 8.53 Å². The largest absolute Gasteiger partial charge is 0.326 e. The molecule has 0 saturated carbocycles. The van der Waals surface area contributed by atoms with Crippen LogP contribution in [0.5, 0.6) is 0 Å². The van der Waals surface area contributed by atoms with Crippen LogP contribution in [0.2, 0.25) is 0 Å². The van der Waals surface area contributed by atoms with E-state index in [0.717, 1.165) is 25.7 Å². The molecule has 11 heavy (non-hydrogen) atoms. The van der Waals surface area contributed by atoms with Gasteiger partial charge in [0, 0.05) is 8.48 Å². The maximum atomic E-state index is 6.91. The van der Waals surface area contributed by atoms with E-state index in [1.807, 2.05) is 0 Å². The predicted molar refractivity (Wildman–Crippen MR) is 48.2 cm³/mol. The van der Waals surface area contributed by atoms with Crippen molar-refractivity contribution < 1.29 is 10.4 Å². The molecule has 0 heterocycles. The van der Waals surface area contributed by atoms with Gasteiger partial charge in [0.1, 0.15) is 0 Å². The second kappa shape index (κ2) is 8.41. The molecule has 1 atom stereocenters. The third-order valence-electron chi connectivity index (χ3n) is 1.29. The van der Waals surface area contributed by atoms with Crippen LogP contribution < -0.4 is 5.50 Å². The van der Waals surface area contributed by atoms with Crippen LogP contribution in [0.25, 0.3) is 0 Å². The van der Waals surface area contributed by atoms with Crippen molar-refractivity contribution in [2.45, 2.75) is 32.6 Å². The molecule has 1 unspecified atom stereocenters. The van der Waals surface area contributed by atoms with Crippen LogP contribution >= 0.6 is 8.53 Å². The maximum Gasteiger partial charge on any atom is 0.252 e. The summed E-state index contributed by atoms with van der Waals surface area (Å²) in [5, 5.41) is 0. The van der Waals surface area contributed by atoms with Crippen molar-refractivity contribution in [2.24, 2.45) is 5.50 Å². The Kier molecular flexibility index (Phi) is 7.18. The Labute approximate surface area is 71.6 Å². The van der Waals surface area contributed by atoms with Gasteiger partial charge >= 0.3 is 0 Å². The third kappa shape index (κ3) is 8.21. The fraction of sp³-hybridized carbons (Fsp3) is 1.00. The molecule has 0 spiro atoms. The quantitative estimate of drug-likeness (QED) is 0.483. The van der Waals surface area contributed by atoms with Gasteiger partial charge in [-0.2, -0.15) is 0 Å². The normalized spacial score (nSPS) is 14.5. The highest BCUT2D eigenvalue weighted by molar-refractivity contribution is 7.44. The summed E-state index contributed by atoms with van der Waals surface area (Å²) in [4.78, 5) is 0. The van der Waals surface area contributed by atoms with Gasteiger partial charge in [-0.05, 0) is 6.42 Å². The highest BCUT2D eigenvalue weighted by Gasteiger charge is 1.98. The van der Waals surface area contributed by atoms with Gasteiger partial charge in [0.25, 0.3) is 8.53 Å². The maximum absolute atomic E-state index is 6.91. The molecule has 0 fully saturated rings. The summed E-state index contributed by atoms with van der Waals surface area (Å²) in [6.07, 6.45) is 4.23. The molecule has 0 aliphatic heterocycles. The topological polar surface area (TPSA) is 44.5 Å². The number of hydrogen-bond acceptors (Lipinski definition) is 3. The molecule has 0 aromatic heterocycles. The van der Waals surface area contributed by atoms with E-state index in [1.165, 1.54) is 0 Å². The highest BCUT2D eigenvalue weighted by Crippen LogP contribution is 2.26. The fourth-order valence-electron chi connectivity index (χ4n) is 0.663. The van der Waals surface area contributed by atoms with Crippen molar-refractivity contribution in [1.82, 2.24) is 0 Å². The van der Waals surface area contributed by atoms with Crippen LogP contribution in [-0.4, -0.2) is 13.7 Å². The first kappa shape index (κ1) is 9.40. The van der Waals surface area contributed by atoms with Gasteiger partial charge in [0.15, 0.2) is 0 Å². The minimum absolute atomic E-state index is 0.530. The highest BCUT2D eigenvalue weighted by atomic mass is 31.2. The predicted octanol–water partition coefficient (Wildman–Crippen LogP) is 2.42. The summed E-state index contributed by atoms with van der Waals surface area (Å²) in [6, 6.07) is 0.